The zero-order valence-corrected chi connectivity index (χ0v) is 11.2. The Bertz CT molecular complexity index is 502. The van der Waals surface area contributed by atoms with E-state index in [1.165, 1.54) is 11.3 Å². The Morgan fingerprint density at radius 2 is 2.11 bits per heavy atom. The molecule has 0 aliphatic carbocycles. The van der Waals surface area contributed by atoms with Crippen LogP contribution in [0, 0.1) is 0 Å². The third-order valence-electron chi connectivity index (χ3n) is 2.82. The molecule has 0 aliphatic heterocycles. The normalized spacial score (nSPS) is 10.9. The van der Waals surface area contributed by atoms with E-state index in [-0.39, 0.29) is 0 Å². The molecule has 0 radical (unpaired) electrons. The molecule has 0 aliphatic rings. The van der Waals surface area contributed by atoms with E-state index in [9.17, 15) is 0 Å². The fourth-order valence-corrected chi connectivity index (χ4v) is 1.91. The van der Waals surface area contributed by atoms with Gasteiger partial charge in [-0.1, -0.05) is 12.1 Å². The average Bonchev–Trinajstić information content (AvgIpc) is 2.72. The van der Waals surface area contributed by atoms with Crippen molar-refractivity contribution >= 4 is 5.69 Å². The van der Waals surface area contributed by atoms with Gasteiger partial charge in [-0.15, -0.1) is 0 Å². The highest BCUT2D eigenvalue weighted by Crippen LogP contribution is 2.13. The van der Waals surface area contributed by atoms with Gasteiger partial charge >= 0.3 is 0 Å². The molecular formula is C14H20N4. The van der Waals surface area contributed by atoms with E-state index in [0.717, 1.165) is 18.8 Å². The molecule has 2 aromatic rings. The molecule has 0 atom stereocenters. The molecule has 0 saturated heterocycles. The van der Waals surface area contributed by atoms with Gasteiger partial charge in [0.15, 0.2) is 0 Å². The zero-order chi connectivity index (χ0) is 13.0. The fraction of sp³-hybridized carbons (Fsp3) is 0.357. The van der Waals surface area contributed by atoms with Crippen molar-refractivity contribution < 1.29 is 0 Å². The highest BCUT2D eigenvalue weighted by Gasteiger charge is 2.00. The van der Waals surface area contributed by atoms with Crippen LogP contribution in [0.5, 0.6) is 0 Å². The minimum atomic E-state index is 0.794. The maximum Gasteiger partial charge on any atom is 0.0571 e. The van der Waals surface area contributed by atoms with Gasteiger partial charge in [-0.3, -0.25) is 4.68 Å². The Hall–Kier alpha value is -1.81. The standard InChI is InChI=1S/C14H20N4/c1-17(2)11-12-5-4-6-13(9-12)15-10-14-7-8-16-18(14)3/h4-9,15H,10-11H2,1-3H3. The fourth-order valence-electron chi connectivity index (χ4n) is 1.91. The van der Waals surface area contributed by atoms with Crippen molar-refractivity contribution in [3.63, 3.8) is 0 Å². The molecule has 4 heteroatoms. The molecule has 0 spiro atoms. The van der Waals surface area contributed by atoms with Crippen molar-refractivity contribution in [3.8, 4) is 0 Å². The van der Waals surface area contributed by atoms with E-state index in [1.807, 2.05) is 24.0 Å². The molecule has 1 aromatic heterocycles. The summed E-state index contributed by atoms with van der Waals surface area (Å²) in [5.74, 6) is 0. The molecule has 0 amide bonds. The second kappa shape index (κ2) is 5.69. The number of nitrogens with one attached hydrogen (secondary N) is 1. The van der Waals surface area contributed by atoms with Crippen LogP contribution in [0.15, 0.2) is 36.5 Å². The van der Waals surface area contributed by atoms with Crippen LogP contribution >= 0.6 is 0 Å². The molecule has 18 heavy (non-hydrogen) atoms. The smallest absolute Gasteiger partial charge is 0.0571 e. The van der Waals surface area contributed by atoms with Crippen LogP contribution in [0.1, 0.15) is 11.3 Å². The quantitative estimate of drug-likeness (QED) is 0.874. The molecule has 4 nitrogen and oxygen atoms in total. The van der Waals surface area contributed by atoms with Crippen molar-refractivity contribution in [1.29, 1.82) is 0 Å². The summed E-state index contributed by atoms with van der Waals surface area (Å²) in [5, 5.41) is 7.58. The Balaban J connectivity index is 1.99. The lowest BCUT2D eigenvalue weighted by molar-refractivity contribution is 0.402. The van der Waals surface area contributed by atoms with Crippen LogP contribution in [0.25, 0.3) is 0 Å². The summed E-state index contributed by atoms with van der Waals surface area (Å²) in [6, 6.07) is 10.5. The van der Waals surface area contributed by atoms with Crippen LogP contribution in [0.3, 0.4) is 0 Å². The second-order valence-electron chi connectivity index (χ2n) is 4.74. The summed E-state index contributed by atoms with van der Waals surface area (Å²) in [6.07, 6.45) is 1.82. The van der Waals surface area contributed by atoms with Crippen molar-refractivity contribution in [2.75, 3.05) is 19.4 Å². The molecule has 96 valence electrons. The molecular weight excluding hydrogens is 224 g/mol. The first-order chi connectivity index (χ1) is 8.65. The van der Waals surface area contributed by atoms with Crippen molar-refractivity contribution in [2.24, 2.45) is 7.05 Å². The van der Waals surface area contributed by atoms with Gasteiger partial charge in [0.25, 0.3) is 0 Å². The van der Waals surface area contributed by atoms with E-state index < -0.39 is 0 Å². The number of nitrogens with zero attached hydrogens (tertiary/aromatic N) is 3. The monoisotopic (exact) mass is 244 g/mol. The Morgan fingerprint density at radius 3 is 2.78 bits per heavy atom. The van der Waals surface area contributed by atoms with Crippen molar-refractivity contribution in [1.82, 2.24) is 14.7 Å². The molecule has 0 fully saturated rings. The molecule has 1 N–H and O–H groups in total. The number of rotatable bonds is 5. The lowest BCUT2D eigenvalue weighted by Gasteiger charge is -2.12. The Labute approximate surface area is 108 Å². The maximum absolute atomic E-state index is 4.16. The first-order valence-electron chi connectivity index (χ1n) is 6.09. The van der Waals surface area contributed by atoms with Crippen LogP contribution < -0.4 is 5.32 Å². The number of hydrogen-bond acceptors (Lipinski definition) is 3. The highest BCUT2D eigenvalue weighted by atomic mass is 15.3. The highest BCUT2D eigenvalue weighted by molar-refractivity contribution is 5.45. The minimum absolute atomic E-state index is 0.794. The Kier molecular flexibility index (Phi) is 3.99. The van der Waals surface area contributed by atoms with Gasteiger partial charge in [-0.2, -0.15) is 5.10 Å². The average molecular weight is 244 g/mol. The summed E-state index contributed by atoms with van der Waals surface area (Å²) in [7, 11) is 6.12. The summed E-state index contributed by atoms with van der Waals surface area (Å²) < 4.78 is 1.89. The lowest BCUT2D eigenvalue weighted by Crippen LogP contribution is -2.11. The van der Waals surface area contributed by atoms with Crippen LogP contribution in [-0.2, 0) is 20.1 Å². The maximum atomic E-state index is 4.16. The van der Waals surface area contributed by atoms with Crippen LogP contribution in [-0.4, -0.2) is 28.8 Å². The first-order valence-corrected chi connectivity index (χ1v) is 6.09. The van der Waals surface area contributed by atoms with E-state index in [4.69, 9.17) is 0 Å². The van der Waals surface area contributed by atoms with Gasteiger partial charge in [0, 0.05) is 25.5 Å². The van der Waals surface area contributed by atoms with Crippen LogP contribution in [0.4, 0.5) is 5.69 Å². The third-order valence-corrected chi connectivity index (χ3v) is 2.82. The van der Waals surface area contributed by atoms with Gasteiger partial charge in [-0.25, -0.2) is 0 Å². The molecule has 1 heterocycles. The van der Waals surface area contributed by atoms with Crippen molar-refractivity contribution in [2.45, 2.75) is 13.1 Å². The largest absolute Gasteiger partial charge is 0.379 e. The summed E-state index contributed by atoms with van der Waals surface area (Å²) in [6.45, 7) is 1.75. The first kappa shape index (κ1) is 12.6. The Morgan fingerprint density at radius 1 is 1.28 bits per heavy atom. The number of anilines is 1. The number of hydrogen-bond donors (Lipinski definition) is 1. The number of aryl methyl sites for hydroxylation is 1. The summed E-state index contributed by atoms with van der Waals surface area (Å²) >= 11 is 0. The predicted molar refractivity (Wildman–Crippen MR) is 74.4 cm³/mol. The number of benzene rings is 1. The van der Waals surface area contributed by atoms with E-state index in [1.54, 1.807) is 0 Å². The van der Waals surface area contributed by atoms with Gasteiger partial charge < -0.3 is 10.2 Å². The van der Waals surface area contributed by atoms with Crippen LogP contribution in [0.2, 0.25) is 0 Å². The molecule has 2 rings (SSSR count). The second-order valence-corrected chi connectivity index (χ2v) is 4.74. The summed E-state index contributed by atoms with van der Waals surface area (Å²) in [5.41, 5.74) is 3.64. The topological polar surface area (TPSA) is 33.1 Å². The lowest BCUT2D eigenvalue weighted by atomic mass is 10.2. The molecule has 0 bridgehead atoms. The van der Waals surface area contributed by atoms with Gasteiger partial charge in [0.1, 0.15) is 0 Å². The third kappa shape index (κ3) is 3.34. The predicted octanol–water partition coefficient (Wildman–Crippen LogP) is 2.09. The van der Waals surface area contributed by atoms with E-state index in [0.29, 0.717) is 0 Å². The minimum Gasteiger partial charge on any atom is -0.379 e. The van der Waals surface area contributed by atoms with E-state index >= 15 is 0 Å². The summed E-state index contributed by atoms with van der Waals surface area (Å²) in [4.78, 5) is 2.17. The zero-order valence-electron chi connectivity index (χ0n) is 11.2. The van der Waals surface area contributed by atoms with Crippen molar-refractivity contribution in [3.05, 3.63) is 47.8 Å². The molecule has 0 unspecified atom stereocenters. The number of aromatic nitrogens is 2. The van der Waals surface area contributed by atoms with Gasteiger partial charge in [-0.05, 0) is 37.9 Å². The van der Waals surface area contributed by atoms with Gasteiger partial charge in [0.2, 0.25) is 0 Å². The SMILES string of the molecule is CN(C)Cc1cccc(NCc2ccnn2C)c1. The van der Waals surface area contributed by atoms with Gasteiger partial charge in [0.05, 0.1) is 12.2 Å². The van der Waals surface area contributed by atoms with E-state index in [2.05, 4.69) is 53.7 Å². The molecule has 1 aromatic carbocycles. The molecule has 0 saturated carbocycles.